The summed E-state index contributed by atoms with van der Waals surface area (Å²) in [5.41, 5.74) is 3.21. The molecular weight excluding hydrogens is 378 g/mol. The van der Waals surface area contributed by atoms with Crippen LogP contribution in [-0.2, 0) is 4.74 Å². The van der Waals surface area contributed by atoms with Crippen molar-refractivity contribution in [3.8, 4) is 11.3 Å². The van der Waals surface area contributed by atoms with Crippen LogP contribution in [0, 0.1) is 0 Å². The Morgan fingerprint density at radius 3 is 2.73 bits per heavy atom. The van der Waals surface area contributed by atoms with Crippen LogP contribution in [-0.4, -0.2) is 56.9 Å². The number of amides is 1. The standard InChI is InChI=1S/C23H23N5O2/c1-16(21-13-24-15-25-21)28-14-20(23(29)27-9-11-30-12-10-27)22(26-28)19-8-4-6-17-5-2-3-7-18(17)19/h2-8,13-16H,9-12H2,1H3,(H,24,25). The molecule has 0 radical (unpaired) electrons. The van der Waals surface area contributed by atoms with E-state index in [9.17, 15) is 4.79 Å². The van der Waals surface area contributed by atoms with Crippen LogP contribution in [0.1, 0.15) is 29.0 Å². The lowest BCUT2D eigenvalue weighted by atomic mass is 9.99. The maximum Gasteiger partial charge on any atom is 0.257 e. The highest BCUT2D eigenvalue weighted by Gasteiger charge is 2.26. The predicted octanol–water partition coefficient (Wildman–Crippen LogP) is 3.51. The third kappa shape index (κ3) is 3.27. The van der Waals surface area contributed by atoms with E-state index in [4.69, 9.17) is 9.84 Å². The summed E-state index contributed by atoms with van der Waals surface area (Å²) in [5.74, 6) is -0.00991. The highest BCUT2D eigenvalue weighted by molar-refractivity contribution is 6.04. The molecule has 30 heavy (non-hydrogen) atoms. The van der Waals surface area contributed by atoms with Crippen LogP contribution in [0.2, 0.25) is 0 Å². The average molecular weight is 401 g/mol. The molecule has 1 atom stereocenters. The Labute approximate surface area is 174 Å². The van der Waals surface area contributed by atoms with Gasteiger partial charge in [0.2, 0.25) is 0 Å². The highest BCUT2D eigenvalue weighted by Crippen LogP contribution is 2.32. The molecule has 1 saturated heterocycles. The summed E-state index contributed by atoms with van der Waals surface area (Å²) in [5, 5.41) is 7.09. The van der Waals surface area contributed by atoms with Gasteiger partial charge in [0.15, 0.2) is 0 Å². The first-order valence-electron chi connectivity index (χ1n) is 10.1. The van der Waals surface area contributed by atoms with E-state index < -0.39 is 0 Å². The molecule has 1 aliphatic heterocycles. The van der Waals surface area contributed by atoms with E-state index in [0.29, 0.717) is 37.6 Å². The van der Waals surface area contributed by atoms with Crippen molar-refractivity contribution in [3.63, 3.8) is 0 Å². The Morgan fingerprint density at radius 1 is 1.13 bits per heavy atom. The number of hydrogen-bond donors (Lipinski definition) is 1. The fourth-order valence-electron chi connectivity index (χ4n) is 3.95. The van der Waals surface area contributed by atoms with E-state index in [1.807, 2.05) is 47.0 Å². The minimum absolute atomic E-state index is 0.00991. The largest absolute Gasteiger partial charge is 0.378 e. The Kier molecular flexibility index (Phi) is 4.80. The van der Waals surface area contributed by atoms with Crippen LogP contribution in [0.3, 0.4) is 0 Å². The number of nitrogens with one attached hydrogen (secondary N) is 1. The lowest BCUT2D eigenvalue weighted by Gasteiger charge is -2.26. The predicted molar refractivity (Wildman–Crippen MR) is 114 cm³/mol. The van der Waals surface area contributed by atoms with Crippen molar-refractivity contribution < 1.29 is 9.53 Å². The van der Waals surface area contributed by atoms with E-state index in [-0.39, 0.29) is 11.9 Å². The number of fused-ring (bicyclic) bond motifs is 1. The average Bonchev–Trinajstić information content (AvgIpc) is 3.49. The molecule has 4 aromatic rings. The van der Waals surface area contributed by atoms with Crippen molar-refractivity contribution in [1.82, 2.24) is 24.6 Å². The number of benzene rings is 2. The van der Waals surface area contributed by atoms with Crippen molar-refractivity contribution in [2.75, 3.05) is 26.3 Å². The quantitative estimate of drug-likeness (QED) is 0.568. The Balaban J connectivity index is 1.65. The summed E-state index contributed by atoms with van der Waals surface area (Å²) in [6.07, 6.45) is 5.30. The topological polar surface area (TPSA) is 76.0 Å². The molecule has 1 aliphatic rings. The van der Waals surface area contributed by atoms with Gasteiger partial charge in [0, 0.05) is 24.8 Å². The molecule has 1 unspecified atom stereocenters. The van der Waals surface area contributed by atoms with Gasteiger partial charge in [-0.1, -0.05) is 42.5 Å². The molecule has 0 aliphatic carbocycles. The Bertz CT molecular complexity index is 1170. The maximum absolute atomic E-state index is 13.4. The lowest BCUT2D eigenvalue weighted by Crippen LogP contribution is -2.40. The van der Waals surface area contributed by atoms with E-state index in [0.717, 1.165) is 22.0 Å². The van der Waals surface area contributed by atoms with Gasteiger partial charge in [-0.05, 0) is 17.7 Å². The fourth-order valence-corrected chi connectivity index (χ4v) is 3.95. The lowest BCUT2D eigenvalue weighted by molar-refractivity contribution is 0.0303. The van der Waals surface area contributed by atoms with Crippen molar-refractivity contribution in [1.29, 1.82) is 0 Å². The first-order valence-corrected chi connectivity index (χ1v) is 10.1. The molecule has 7 heteroatoms. The number of aromatic nitrogens is 4. The molecular formula is C23H23N5O2. The van der Waals surface area contributed by atoms with Crippen LogP contribution in [0.4, 0.5) is 0 Å². The number of nitrogens with zero attached hydrogens (tertiary/aromatic N) is 4. The molecule has 5 rings (SSSR count). The van der Waals surface area contributed by atoms with Gasteiger partial charge in [0.25, 0.3) is 5.91 Å². The Hall–Kier alpha value is -3.45. The molecule has 1 N–H and O–H groups in total. The van der Waals surface area contributed by atoms with E-state index in [2.05, 4.69) is 28.2 Å². The summed E-state index contributed by atoms with van der Waals surface area (Å²) in [4.78, 5) is 22.6. The molecule has 2 aromatic heterocycles. The number of ether oxygens (including phenoxy) is 1. The smallest absolute Gasteiger partial charge is 0.257 e. The SMILES string of the molecule is CC(c1cnc[nH]1)n1cc(C(=O)N2CCOCC2)c(-c2cccc3ccccc23)n1. The third-order valence-corrected chi connectivity index (χ3v) is 5.67. The number of carbonyl (C=O) groups excluding carboxylic acids is 1. The normalized spacial score (nSPS) is 15.4. The molecule has 152 valence electrons. The molecule has 2 aromatic carbocycles. The third-order valence-electron chi connectivity index (χ3n) is 5.67. The first-order chi connectivity index (χ1) is 14.7. The maximum atomic E-state index is 13.4. The second kappa shape index (κ2) is 7.76. The fraction of sp³-hybridized carbons (Fsp3) is 0.261. The molecule has 7 nitrogen and oxygen atoms in total. The monoisotopic (exact) mass is 401 g/mol. The molecule has 3 heterocycles. The van der Waals surface area contributed by atoms with Crippen LogP contribution < -0.4 is 0 Å². The van der Waals surface area contributed by atoms with Gasteiger partial charge in [-0.3, -0.25) is 9.48 Å². The van der Waals surface area contributed by atoms with Gasteiger partial charge in [0.05, 0.1) is 43.0 Å². The van der Waals surface area contributed by atoms with Crippen LogP contribution in [0.25, 0.3) is 22.0 Å². The summed E-state index contributed by atoms with van der Waals surface area (Å²) in [6, 6.07) is 14.2. The highest BCUT2D eigenvalue weighted by atomic mass is 16.5. The van der Waals surface area contributed by atoms with Crippen molar-refractivity contribution in [3.05, 3.63) is 72.4 Å². The van der Waals surface area contributed by atoms with Gasteiger partial charge in [-0.25, -0.2) is 4.98 Å². The zero-order valence-electron chi connectivity index (χ0n) is 16.8. The Morgan fingerprint density at radius 2 is 1.93 bits per heavy atom. The first kappa shape index (κ1) is 18.6. The molecule has 0 saturated carbocycles. The summed E-state index contributed by atoms with van der Waals surface area (Å²) in [7, 11) is 0. The van der Waals surface area contributed by atoms with Crippen LogP contribution in [0.15, 0.2) is 61.2 Å². The number of carbonyl (C=O) groups is 1. The zero-order valence-corrected chi connectivity index (χ0v) is 16.8. The second-order valence-corrected chi connectivity index (χ2v) is 7.49. The van der Waals surface area contributed by atoms with Crippen molar-refractivity contribution in [2.24, 2.45) is 0 Å². The molecule has 1 fully saturated rings. The van der Waals surface area contributed by atoms with Gasteiger partial charge in [-0.2, -0.15) is 5.10 Å². The minimum Gasteiger partial charge on any atom is -0.378 e. The summed E-state index contributed by atoms with van der Waals surface area (Å²) in [6.45, 7) is 4.35. The zero-order chi connectivity index (χ0) is 20.5. The number of imidazole rings is 1. The molecule has 1 amide bonds. The van der Waals surface area contributed by atoms with Gasteiger partial charge in [0.1, 0.15) is 5.69 Å². The number of rotatable bonds is 4. The van der Waals surface area contributed by atoms with Gasteiger partial charge >= 0.3 is 0 Å². The van der Waals surface area contributed by atoms with E-state index >= 15 is 0 Å². The van der Waals surface area contributed by atoms with E-state index in [1.165, 1.54) is 0 Å². The van der Waals surface area contributed by atoms with Crippen molar-refractivity contribution in [2.45, 2.75) is 13.0 Å². The number of hydrogen-bond acceptors (Lipinski definition) is 4. The van der Waals surface area contributed by atoms with Crippen LogP contribution >= 0.6 is 0 Å². The minimum atomic E-state index is -0.0764. The number of morpholine rings is 1. The summed E-state index contributed by atoms with van der Waals surface area (Å²) < 4.78 is 7.27. The number of H-pyrrole nitrogens is 1. The number of aromatic amines is 1. The van der Waals surface area contributed by atoms with E-state index in [1.54, 1.807) is 12.5 Å². The molecule has 0 spiro atoms. The second-order valence-electron chi connectivity index (χ2n) is 7.49. The molecule has 0 bridgehead atoms. The van der Waals surface area contributed by atoms with Crippen LogP contribution in [0.5, 0.6) is 0 Å². The van der Waals surface area contributed by atoms with Crippen molar-refractivity contribution >= 4 is 16.7 Å². The van der Waals surface area contributed by atoms with Gasteiger partial charge in [-0.15, -0.1) is 0 Å². The van der Waals surface area contributed by atoms with Gasteiger partial charge < -0.3 is 14.6 Å². The summed E-state index contributed by atoms with van der Waals surface area (Å²) >= 11 is 0.